The van der Waals surface area contributed by atoms with Crippen LogP contribution in [0.2, 0.25) is 0 Å². The second-order valence-electron chi connectivity index (χ2n) is 6.54. The van der Waals surface area contributed by atoms with E-state index in [-0.39, 0.29) is 0 Å². The Morgan fingerprint density at radius 1 is 1.30 bits per heavy atom. The zero-order chi connectivity index (χ0) is 16.1. The Morgan fingerprint density at radius 3 is 2.70 bits per heavy atom. The van der Waals surface area contributed by atoms with E-state index in [4.69, 9.17) is 0 Å². The summed E-state index contributed by atoms with van der Waals surface area (Å²) in [6.45, 7) is 5.71. The number of likely N-dealkylation sites (tertiary alicyclic amines) is 1. The van der Waals surface area contributed by atoms with Crippen LogP contribution in [0.4, 0.5) is 0 Å². The van der Waals surface area contributed by atoms with Crippen molar-refractivity contribution in [3.63, 3.8) is 0 Å². The van der Waals surface area contributed by atoms with E-state index in [9.17, 15) is 5.11 Å². The topological polar surface area (TPSA) is 48.4 Å². The zero-order valence-corrected chi connectivity index (χ0v) is 14.4. The Bertz CT molecular complexity index is 578. The Kier molecular flexibility index (Phi) is 5.43. The van der Waals surface area contributed by atoms with Gasteiger partial charge in [-0.3, -0.25) is 9.88 Å². The number of piperidine rings is 1. The third-order valence-electron chi connectivity index (χ3n) is 4.53. The molecular formula is C18H25N3OS. The minimum atomic E-state index is -0.775. The molecule has 2 aromatic rings. The molecular weight excluding hydrogens is 306 g/mol. The molecule has 3 heterocycles. The number of aromatic nitrogens is 1. The predicted molar refractivity (Wildman–Crippen MR) is 94.4 cm³/mol. The second kappa shape index (κ2) is 7.53. The van der Waals surface area contributed by atoms with Gasteiger partial charge in [0.15, 0.2) is 0 Å². The highest BCUT2D eigenvalue weighted by molar-refractivity contribution is 7.10. The molecule has 2 aromatic heterocycles. The highest BCUT2D eigenvalue weighted by atomic mass is 32.1. The number of hydrogen-bond acceptors (Lipinski definition) is 5. The number of rotatable bonds is 6. The van der Waals surface area contributed by atoms with Crippen LogP contribution >= 0.6 is 11.3 Å². The molecule has 1 atom stereocenters. The van der Waals surface area contributed by atoms with Crippen LogP contribution in [0.15, 0.2) is 42.0 Å². The molecule has 5 heteroatoms. The Hall–Kier alpha value is -1.27. The fraction of sp³-hybridized carbons (Fsp3) is 0.500. The van der Waals surface area contributed by atoms with Crippen LogP contribution in [0.3, 0.4) is 0 Å². The van der Waals surface area contributed by atoms with E-state index < -0.39 is 5.60 Å². The molecule has 0 radical (unpaired) electrons. The van der Waals surface area contributed by atoms with Gasteiger partial charge in [-0.05, 0) is 62.0 Å². The van der Waals surface area contributed by atoms with Crippen molar-refractivity contribution in [1.29, 1.82) is 0 Å². The first-order valence-electron chi connectivity index (χ1n) is 8.24. The van der Waals surface area contributed by atoms with Crippen molar-refractivity contribution in [2.45, 2.75) is 38.0 Å². The Labute approximate surface area is 142 Å². The number of nitrogens with one attached hydrogen (secondary N) is 1. The highest BCUT2D eigenvalue weighted by Crippen LogP contribution is 2.25. The van der Waals surface area contributed by atoms with Crippen molar-refractivity contribution in [1.82, 2.24) is 15.2 Å². The van der Waals surface area contributed by atoms with Crippen LogP contribution in [0.25, 0.3) is 0 Å². The lowest BCUT2D eigenvalue weighted by Crippen LogP contribution is -2.46. The fourth-order valence-electron chi connectivity index (χ4n) is 3.06. The van der Waals surface area contributed by atoms with Crippen LogP contribution in [-0.4, -0.2) is 40.7 Å². The number of thiophene rings is 1. The maximum absolute atomic E-state index is 10.6. The van der Waals surface area contributed by atoms with Gasteiger partial charge in [0, 0.05) is 36.4 Å². The molecule has 1 fully saturated rings. The molecule has 1 aliphatic heterocycles. The predicted octanol–water partition coefficient (Wildman–Crippen LogP) is 2.60. The summed E-state index contributed by atoms with van der Waals surface area (Å²) in [5.74, 6) is 0. The minimum Gasteiger partial charge on any atom is -0.383 e. The Balaban J connectivity index is 1.43. The maximum Gasteiger partial charge on any atom is 0.108 e. The summed E-state index contributed by atoms with van der Waals surface area (Å²) in [6.07, 6.45) is 5.98. The molecule has 2 N–H and O–H groups in total. The van der Waals surface area contributed by atoms with E-state index in [1.54, 1.807) is 11.3 Å². The number of hydrogen-bond donors (Lipinski definition) is 2. The molecule has 0 aromatic carbocycles. The van der Waals surface area contributed by atoms with Crippen molar-refractivity contribution < 1.29 is 5.11 Å². The lowest BCUT2D eigenvalue weighted by Gasteiger charge is -2.34. The molecule has 0 bridgehead atoms. The summed E-state index contributed by atoms with van der Waals surface area (Å²) in [7, 11) is 0. The first-order chi connectivity index (χ1) is 11.1. The van der Waals surface area contributed by atoms with Crippen molar-refractivity contribution >= 4 is 11.3 Å². The van der Waals surface area contributed by atoms with Crippen LogP contribution in [0, 0.1) is 0 Å². The normalized spacial score (nSPS) is 19.6. The third kappa shape index (κ3) is 4.61. The number of nitrogens with zero attached hydrogens (tertiary/aromatic N) is 2. The molecule has 0 spiro atoms. The quantitative estimate of drug-likeness (QED) is 0.854. The molecule has 3 rings (SSSR count). The van der Waals surface area contributed by atoms with Gasteiger partial charge in [-0.1, -0.05) is 6.07 Å². The number of pyridine rings is 1. The number of aliphatic hydroxyl groups is 1. The van der Waals surface area contributed by atoms with E-state index >= 15 is 0 Å². The molecule has 23 heavy (non-hydrogen) atoms. The molecule has 0 aliphatic carbocycles. The van der Waals surface area contributed by atoms with Crippen molar-refractivity contribution in [3.05, 3.63) is 52.5 Å². The molecule has 1 aliphatic rings. The van der Waals surface area contributed by atoms with Crippen molar-refractivity contribution in [2.75, 3.05) is 19.6 Å². The average molecular weight is 331 g/mol. The van der Waals surface area contributed by atoms with E-state index in [1.165, 1.54) is 5.56 Å². The molecule has 124 valence electrons. The molecule has 0 saturated carbocycles. The first-order valence-corrected chi connectivity index (χ1v) is 9.12. The fourth-order valence-corrected chi connectivity index (χ4v) is 3.84. The third-order valence-corrected chi connectivity index (χ3v) is 5.65. The smallest absolute Gasteiger partial charge is 0.108 e. The minimum absolute atomic E-state index is 0.495. The summed E-state index contributed by atoms with van der Waals surface area (Å²) < 4.78 is 0. The lowest BCUT2D eigenvalue weighted by molar-refractivity contribution is 0.0535. The highest BCUT2D eigenvalue weighted by Gasteiger charge is 2.26. The maximum atomic E-state index is 10.6. The first kappa shape index (κ1) is 16.6. The molecule has 1 unspecified atom stereocenters. The Morgan fingerprint density at radius 2 is 2.04 bits per heavy atom. The van der Waals surface area contributed by atoms with Gasteiger partial charge in [0.2, 0.25) is 0 Å². The zero-order valence-electron chi connectivity index (χ0n) is 13.6. The SMILES string of the molecule is CC(O)(CNC1CCN(Cc2ccncc2)CC1)c1cccs1. The summed E-state index contributed by atoms with van der Waals surface area (Å²) in [4.78, 5) is 7.59. The van der Waals surface area contributed by atoms with Gasteiger partial charge in [0.1, 0.15) is 5.60 Å². The summed E-state index contributed by atoms with van der Waals surface area (Å²) in [6, 6.07) is 8.66. The average Bonchev–Trinajstić information content (AvgIpc) is 3.11. The summed E-state index contributed by atoms with van der Waals surface area (Å²) >= 11 is 1.61. The van der Waals surface area contributed by atoms with E-state index in [2.05, 4.69) is 27.3 Å². The van der Waals surface area contributed by atoms with Gasteiger partial charge < -0.3 is 10.4 Å². The lowest BCUT2D eigenvalue weighted by atomic mass is 10.0. The van der Waals surface area contributed by atoms with E-state index in [0.29, 0.717) is 12.6 Å². The van der Waals surface area contributed by atoms with Crippen LogP contribution < -0.4 is 5.32 Å². The van der Waals surface area contributed by atoms with Crippen molar-refractivity contribution in [3.8, 4) is 0 Å². The van der Waals surface area contributed by atoms with Crippen LogP contribution in [-0.2, 0) is 12.1 Å². The van der Waals surface area contributed by atoms with Gasteiger partial charge in [-0.2, -0.15) is 0 Å². The van der Waals surface area contributed by atoms with Gasteiger partial charge in [0.25, 0.3) is 0 Å². The van der Waals surface area contributed by atoms with Gasteiger partial charge in [-0.15, -0.1) is 11.3 Å². The molecule has 1 saturated heterocycles. The summed E-state index contributed by atoms with van der Waals surface area (Å²) in [5.41, 5.74) is 0.551. The van der Waals surface area contributed by atoms with E-state index in [1.807, 2.05) is 36.8 Å². The van der Waals surface area contributed by atoms with Gasteiger partial charge >= 0.3 is 0 Å². The van der Waals surface area contributed by atoms with Crippen molar-refractivity contribution in [2.24, 2.45) is 0 Å². The summed E-state index contributed by atoms with van der Waals surface area (Å²) in [5, 5.41) is 16.2. The second-order valence-corrected chi connectivity index (χ2v) is 7.49. The standard InChI is InChI=1S/C18H25N3OS/c1-18(22,17-3-2-12-23-17)14-20-16-6-10-21(11-7-16)13-15-4-8-19-9-5-15/h2-5,8-9,12,16,20,22H,6-7,10-11,13-14H2,1H3. The monoisotopic (exact) mass is 331 g/mol. The van der Waals surface area contributed by atoms with Gasteiger partial charge in [0.05, 0.1) is 0 Å². The van der Waals surface area contributed by atoms with Gasteiger partial charge in [-0.25, -0.2) is 0 Å². The van der Waals surface area contributed by atoms with Crippen LogP contribution in [0.1, 0.15) is 30.2 Å². The molecule has 0 amide bonds. The van der Waals surface area contributed by atoms with E-state index in [0.717, 1.165) is 37.4 Å². The largest absolute Gasteiger partial charge is 0.383 e. The van der Waals surface area contributed by atoms with Crippen LogP contribution in [0.5, 0.6) is 0 Å². The molecule has 4 nitrogen and oxygen atoms in total.